The summed E-state index contributed by atoms with van der Waals surface area (Å²) in [5, 5.41) is 2.61. The van der Waals surface area contributed by atoms with Gasteiger partial charge in [-0.1, -0.05) is 45.0 Å². The van der Waals surface area contributed by atoms with Gasteiger partial charge in [-0.05, 0) is 60.1 Å². The van der Waals surface area contributed by atoms with Crippen molar-refractivity contribution >= 4 is 23.4 Å². The third-order valence-electron chi connectivity index (χ3n) is 5.18. The van der Waals surface area contributed by atoms with Gasteiger partial charge in [0.05, 0.1) is 0 Å². The van der Waals surface area contributed by atoms with Crippen molar-refractivity contribution in [1.82, 2.24) is 10.9 Å². The van der Waals surface area contributed by atoms with E-state index < -0.39 is 6.03 Å². The molecule has 152 valence electrons. The molecule has 2 aromatic carbocycles. The van der Waals surface area contributed by atoms with Gasteiger partial charge in [0.2, 0.25) is 5.91 Å². The van der Waals surface area contributed by atoms with Crippen molar-refractivity contribution in [3.8, 4) is 0 Å². The number of carbonyl (C=O) groups excluding carboxylic acids is 3. The minimum Gasteiger partial charge on any atom is -0.307 e. The number of rotatable bonds is 4. The first kappa shape index (κ1) is 20.6. The maximum atomic E-state index is 12.3. The number of urea groups is 1. The number of nitrogens with one attached hydrogen (secondary N) is 3. The molecule has 2 aromatic rings. The number of hydrogen-bond donors (Lipinski definition) is 3. The number of ketones is 1. The highest BCUT2D eigenvalue weighted by Gasteiger charge is 2.44. The maximum absolute atomic E-state index is 12.3. The number of benzene rings is 2. The summed E-state index contributed by atoms with van der Waals surface area (Å²) in [6, 6.07) is 14.4. The quantitative estimate of drug-likeness (QED) is 0.539. The number of hydrazine groups is 1. The van der Waals surface area contributed by atoms with E-state index in [1.807, 2.05) is 0 Å². The summed E-state index contributed by atoms with van der Waals surface area (Å²) < 4.78 is 0. The average Bonchev–Trinajstić information content (AvgIpc) is 3.47. The van der Waals surface area contributed by atoms with Gasteiger partial charge in [0.25, 0.3) is 0 Å². The van der Waals surface area contributed by atoms with Gasteiger partial charge >= 0.3 is 6.03 Å². The molecule has 1 saturated carbocycles. The molecule has 0 aliphatic heterocycles. The highest BCUT2D eigenvalue weighted by atomic mass is 16.2. The molecule has 3 N–H and O–H groups in total. The van der Waals surface area contributed by atoms with Crippen LogP contribution in [0.2, 0.25) is 0 Å². The van der Waals surface area contributed by atoms with Crippen LogP contribution in [-0.4, -0.2) is 17.7 Å². The molecule has 0 spiro atoms. The van der Waals surface area contributed by atoms with E-state index in [0.29, 0.717) is 11.3 Å². The summed E-state index contributed by atoms with van der Waals surface area (Å²) in [4.78, 5) is 35.5. The Balaban J connectivity index is 1.46. The third kappa shape index (κ3) is 5.22. The van der Waals surface area contributed by atoms with Gasteiger partial charge in [0.15, 0.2) is 5.78 Å². The number of carbonyl (C=O) groups is 3. The van der Waals surface area contributed by atoms with Gasteiger partial charge in [0, 0.05) is 17.2 Å². The van der Waals surface area contributed by atoms with Gasteiger partial charge in [-0.3, -0.25) is 15.0 Å². The molecule has 0 aromatic heterocycles. The van der Waals surface area contributed by atoms with Crippen LogP contribution in [0.25, 0.3) is 0 Å². The molecule has 1 aliphatic carbocycles. The fourth-order valence-electron chi connectivity index (χ4n) is 3.25. The van der Waals surface area contributed by atoms with Crippen molar-refractivity contribution in [3.63, 3.8) is 0 Å². The van der Waals surface area contributed by atoms with Gasteiger partial charge in [-0.25, -0.2) is 10.2 Å². The van der Waals surface area contributed by atoms with Crippen LogP contribution in [0.15, 0.2) is 48.5 Å². The lowest BCUT2D eigenvalue weighted by Crippen LogP contribution is -2.44. The molecule has 0 saturated heterocycles. The second-order valence-corrected chi connectivity index (χ2v) is 8.52. The average molecular weight is 393 g/mol. The summed E-state index contributed by atoms with van der Waals surface area (Å²) in [6.45, 7) is 7.99. The Bertz CT molecular complexity index is 912. The molecule has 29 heavy (non-hydrogen) atoms. The van der Waals surface area contributed by atoms with E-state index in [1.165, 1.54) is 12.5 Å². The summed E-state index contributed by atoms with van der Waals surface area (Å²) in [5.74, 6) is -0.184. The minimum atomic E-state index is -0.541. The molecular formula is C23H27N3O3. The molecule has 1 aliphatic rings. The second-order valence-electron chi connectivity index (χ2n) is 8.52. The van der Waals surface area contributed by atoms with Crippen molar-refractivity contribution in [2.24, 2.45) is 5.92 Å². The third-order valence-corrected chi connectivity index (χ3v) is 5.18. The normalized spacial score (nSPS) is 17.9. The van der Waals surface area contributed by atoms with E-state index in [9.17, 15) is 14.4 Å². The van der Waals surface area contributed by atoms with E-state index in [0.717, 1.165) is 12.0 Å². The number of hydrogen-bond acceptors (Lipinski definition) is 3. The largest absolute Gasteiger partial charge is 0.337 e. The van der Waals surface area contributed by atoms with E-state index >= 15 is 0 Å². The fourth-order valence-corrected chi connectivity index (χ4v) is 3.25. The standard InChI is InChI=1S/C23H27N3O3/c1-14(27)15-7-11-18(12-8-15)24-22(29)26-25-21(28)20-13-19(20)16-5-9-17(10-6-16)23(2,3)4/h5-12,19-20H,13H2,1-4H3,(H,25,28)(H2,24,26,29)/t19-,20+/m1/s1. The van der Waals surface area contributed by atoms with Crippen LogP contribution in [0.4, 0.5) is 10.5 Å². The Hall–Kier alpha value is -3.15. The SMILES string of the molecule is CC(=O)c1ccc(NC(=O)NNC(=O)[C@H]2C[C@@H]2c2ccc(C(C)(C)C)cc2)cc1. The molecule has 6 heteroatoms. The lowest BCUT2D eigenvalue weighted by molar-refractivity contribution is -0.123. The van der Waals surface area contributed by atoms with E-state index in [1.54, 1.807) is 24.3 Å². The summed E-state index contributed by atoms with van der Waals surface area (Å²) >= 11 is 0. The zero-order valence-corrected chi connectivity index (χ0v) is 17.2. The molecule has 6 nitrogen and oxygen atoms in total. The number of Topliss-reactive ketones (excluding diaryl/α,β-unsaturated/α-hetero) is 1. The van der Waals surface area contributed by atoms with E-state index in [2.05, 4.69) is 61.2 Å². The van der Waals surface area contributed by atoms with Crippen molar-refractivity contribution in [2.75, 3.05) is 5.32 Å². The lowest BCUT2D eigenvalue weighted by Gasteiger charge is -2.19. The van der Waals surface area contributed by atoms with Gasteiger partial charge < -0.3 is 5.32 Å². The minimum absolute atomic E-state index is 0.0414. The van der Waals surface area contributed by atoms with E-state index in [-0.39, 0.29) is 28.9 Å². The lowest BCUT2D eigenvalue weighted by atomic mass is 9.86. The van der Waals surface area contributed by atoms with Crippen LogP contribution < -0.4 is 16.2 Å². The molecular weight excluding hydrogens is 366 g/mol. The molecule has 2 atom stereocenters. The molecule has 0 radical (unpaired) electrons. The Labute approximate surface area is 171 Å². The van der Waals surface area contributed by atoms with Crippen molar-refractivity contribution in [3.05, 3.63) is 65.2 Å². The Morgan fingerprint density at radius 2 is 1.52 bits per heavy atom. The smallest absolute Gasteiger partial charge is 0.307 e. The Kier molecular flexibility index (Phi) is 5.73. The summed E-state index contributed by atoms with van der Waals surface area (Å²) in [5.41, 5.74) is 8.46. The Morgan fingerprint density at radius 3 is 2.07 bits per heavy atom. The molecule has 0 unspecified atom stereocenters. The zero-order valence-electron chi connectivity index (χ0n) is 17.2. The molecule has 1 fully saturated rings. The number of anilines is 1. The molecule has 3 rings (SSSR count). The molecule has 3 amide bonds. The van der Waals surface area contributed by atoms with Gasteiger partial charge in [0.1, 0.15) is 0 Å². The first-order valence-corrected chi connectivity index (χ1v) is 9.73. The zero-order chi connectivity index (χ0) is 21.2. The van der Waals surface area contributed by atoms with Crippen molar-refractivity contribution < 1.29 is 14.4 Å². The van der Waals surface area contributed by atoms with Gasteiger partial charge in [-0.15, -0.1) is 0 Å². The Morgan fingerprint density at radius 1 is 0.897 bits per heavy atom. The van der Waals surface area contributed by atoms with Crippen molar-refractivity contribution in [1.29, 1.82) is 0 Å². The van der Waals surface area contributed by atoms with Crippen LogP contribution in [0.5, 0.6) is 0 Å². The first-order valence-electron chi connectivity index (χ1n) is 9.73. The molecule has 0 bridgehead atoms. The summed E-state index contributed by atoms with van der Waals surface area (Å²) in [6.07, 6.45) is 0.774. The molecule has 0 heterocycles. The van der Waals surface area contributed by atoms with E-state index in [4.69, 9.17) is 0 Å². The fraction of sp³-hybridized carbons (Fsp3) is 0.348. The predicted molar refractivity (Wildman–Crippen MR) is 113 cm³/mol. The highest BCUT2D eigenvalue weighted by molar-refractivity contribution is 5.95. The maximum Gasteiger partial charge on any atom is 0.337 e. The topological polar surface area (TPSA) is 87.3 Å². The first-order chi connectivity index (χ1) is 13.6. The van der Waals surface area contributed by atoms with Crippen molar-refractivity contribution in [2.45, 2.75) is 45.4 Å². The van der Waals surface area contributed by atoms with Crippen LogP contribution in [-0.2, 0) is 10.2 Å². The monoisotopic (exact) mass is 393 g/mol. The summed E-state index contributed by atoms with van der Waals surface area (Å²) in [7, 11) is 0. The van der Waals surface area contributed by atoms with Crippen LogP contribution in [0.1, 0.15) is 61.5 Å². The highest BCUT2D eigenvalue weighted by Crippen LogP contribution is 2.47. The van der Waals surface area contributed by atoms with Crippen LogP contribution >= 0.6 is 0 Å². The number of amides is 3. The second kappa shape index (κ2) is 8.07. The van der Waals surface area contributed by atoms with Crippen LogP contribution in [0.3, 0.4) is 0 Å². The predicted octanol–water partition coefficient (Wildman–Crippen LogP) is 4.14. The van der Waals surface area contributed by atoms with Gasteiger partial charge in [-0.2, -0.15) is 0 Å². The van der Waals surface area contributed by atoms with Crippen LogP contribution in [0, 0.1) is 5.92 Å².